The molecule has 19 heteroatoms. The molecule has 0 aromatic heterocycles. The maximum Gasteiger partial charge on any atom is 0.405 e. The first-order chi connectivity index (χ1) is 27.4. The maximum atomic E-state index is 15.0. The molecule has 0 aliphatic heterocycles. The van der Waals surface area contributed by atoms with Gasteiger partial charge in [0.05, 0.1) is 13.2 Å². The van der Waals surface area contributed by atoms with E-state index >= 15 is 0 Å². The molecular formula is C40H44ClF5N4O9. The van der Waals surface area contributed by atoms with Crippen molar-refractivity contribution in [1.29, 1.82) is 0 Å². The molecule has 0 heterocycles. The van der Waals surface area contributed by atoms with Crippen LogP contribution in [0.5, 0.6) is 11.5 Å². The van der Waals surface area contributed by atoms with Crippen molar-refractivity contribution >= 4 is 47.0 Å². The van der Waals surface area contributed by atoms with Gasteiger partial charge in [0.2, 0.25) is 17.6 Å². The Hall–Kier alpha value is -5.78. The molecule has 0 saturated heterocycles. The molecule has 3 rings (SSSR count). The number of esters is 1. The lowest BCUT2D eigenvalue weighted by atomic mass is 9.94. The number of carbonyl (C=O) groups is 6. The van der Waals surface area contributed by atoms with Crippen molar-refractivity contribution in [3.05, 3.63) is 94.5 Å². The Morgan fingerprint density at radius 2 is 1.39 bits per heavy atom. The van der Waals surface area contributed by atoms with Gasteiger partial charge in [-0.25, -0.2) is 4.79 Å². The third kappa shape index (κ3) is 14.8. The SMILES string of the molecule is COc1ccc(C(NC(=O)C(Cc2ccc(OCC(=O)OC(C)(C)C)cc2)NC(=O)c2cccc(Cl)c2)C(=O)NC(C(=O)C(F)(F)C(=O)NCC(F)(F)F)C(C)C)cc1. The van der Waals surface area contributed by atoms with Crippen LogP contribution in [0.15, 0.2) is 72.8 Å². The Bertz CT molecular complexity index is 1970. The van der Waals surface area contributed by atoms with Gasteiger partial charge in [-0.15, -0.1) is 0 Å². The van der Waals surface area contributed by atoms with Crippen molar-refractivity contribution in [2.24, 2.45) is 5.92 Å². The van der Waals surface area contributed by atoms with E-state index in [1.807, 2.05) is 0 Å². The predicted molar refractivity (Wildman–Crippen MR) is 204 cm³/mol. The second-order valence-corrected chi connectivity index (χ2v) is 14.9. The third-order valence-corrected chi connectivity index (χ3v) is 8.37. The molecule has 0 bridgehead atoms. The first-order valence-corrected chi connectivity index (χ1v) is 18.3. The van der Waals surface area contributed by atoms with Gasteiger partial charge in [0.1, 0.15) is 35.7 Å². The molecule has 0 radical (unpaired) electrons. The van der Waals surface area contributed by atoms with E-state index in [1.165, 1.54) is 81.6 Å². The van der Waals surface area contributed by atoms with Gasteiger partial charge in [0.15, 0.2) is 6.61 Å². The second-order valence-electron chi connectivity index (χ2n) is 14.4. The minimum Gasteiger partial charge on any atom is -0.497 e. The van der Waals surface area contributed by atoms with E-state index in [4.69, 9.17) is 25.8 Å². The summed E-state index contributed by atoms with van der Waals surface area (Å²) in [4.78, 5) is 78.7. The number of nitrogens with one attached hydrogen (secondary N) is 4. The molecule has 0 aliphatic carbocycles. The van der Waals surface area contributed by atoms with Crippen molar-refractivity contribution in [3.63, 3.8) is 0 Å². The standard InChI is InChI=1S/C40H44ClF5N4O9/c1-22(2)31(33(52)40(45,46)37(56)47-21-39(42,43)44)49-36(55)32(24-12-16-27(57-6)17-13-24)50-35(54)29(48-34(53)25-8-7-9-26(41)19-25)18-23-10-14-28(15-11-23)58-20-30(51)59-38(3,4)5/h7-17,19,22,29,31-32H,18,20-21H2,1-6H3,(H,47,56)(H,48,53)(H,49,55)(H,50,54). The van der Waals surface area contributed by atoms with Crippen LogP contribution in [0.2, 0.25) is 5.02 Å². The average molecular weight is 855 g/mol. The van der Waals surface area contributed by atoms with Gasteiger partial charge in [-0.2, -0.15) is 22.0 Å². The van der Waals surface area contributed by atoms with E-state index in [0.717, 1.165) is 5.32 Å². The van der Waals surface area contributed by atoms with E-state index in [0.29, 0.717) is 11.3 Å². The van der Waals surface area contributed by atoms with Crippen LogP contribution in [0.25, 0.3) is 0 Å². The first kappa shape index (κ1) is 47.6. The van der Waals surface area contributed by atoms with Crippen molar-refractivity contribution in [2.45, 2.75) is 76.9 Å². The highest BCUT2D eigenvalue weighted by Crippen LogP contribution is 2.25. The van der Waals surface area contributed by atoms with Crippen LogP contribution in [0.4, 0.5) is 22.0 Å². The number of halogens is 6. The monoisotopic (exact) mass is 854 g/mol. The summed E-state index contributed by atoms with van der Waals surface area (Å²) in [6.45, 7) is 5.05. The molecule has 59 heavy (non-hydrogen) atoms. The molecule has 3 aromatic rings. The fraction of sp³-hybridized carbons (Fsp3) is 0.400. The van der Waals surface area contributed by atoms with Crippen LogP contribution in [0, 0.1) is 5.92 Å². The lowest BCUT2D eigenvalue weighted by molar-refractivity contribution is -0.165. The number of alkyl halides is 5. The van der Waals surface area contributed by atoms with Gasteiger partial charge in [-0.05, 0) is 80.3 Å². The zero-order chi connectivity index (χ0) is 44.3. The Kier molecular flexibility index (Phi) is 16.3. The summed E-state index contributed by atoms with van der Waals surface area (Å²) in [6, 6.07) is 12.1. The highest BCUT2D eigenvalue weighted by molar-refractivity contribution is 6.31. The Morgan fingerprint density at radius 3 is 1.93 bits per heavy atom. The summed E-state index contributed by atoms with van der Waals surface area (Å²) < 4.78 is 83.8. The quantitative estimate of drug-likeness (QED) is 0.0752. The van der Waals surface area contributed by atoms with Crippen LogP contribution >= 0.6 is 11.6 Å². The minimum atomic E-state index is -5.06. The number of hydrogen-bond donors (Lipinski definition) is 4. The smallest absolute Gasteiger partial charge is 0.405 e. The number of benzene rings is 3. The van der Waals surface area contributed by atoms with E-state index < -0.39 is 90.3 Å². The minimum absolute atomic E-state index is 0.0488. The molecule has 320 valence electrons. The lowest BCUT2D eigenvalue weighted by Crippen LogP contribution is -2.58. The first-order valence-electron chi connectivity index (χ1n) is 17.9. The number of hydrogen-bond acceptors (Lipinski definition) is 9. The Labute approximate surface area is 341 Å². The molecule has 13 nitrogen and oxygen atoms in total. The largest absolute Gasteiger partial charge is 0.497 e. The maximum absolute atomic E-state index is 15.0. The number of methoxy groups -OCH3 is 1. The highest BCUT2D eigenvalue weighted by atomic mass is 35.5. The van der Waals surface area contributed by atoms with Gasteiger partial charge in [0.25, 0.3) is 11.8 Å². The fourth-order valence-corrected chi connectivity index (χ4v) is 5.45. The molecule has 0 fully saturated rings. The van der Waals surface area contributed by atoms with Gasteiger partial charge < -0.3 is 35.5 Å². The Balaban J connectivity index is 1.95. The van der Waals surface area contributed by atoms with Crippen molar-refractivity contribution < 1.29 is 64.9 Å². The summed E-state index contributed by atoms with van der Waals surface area (Å²) in [5.41, 5.74) is -0.148. The number of ketones is 1. The highest BCUT2D eigenvalue weighted by Gasteiger charge is 2.52. The van der Waals surface area contributed by atoms with Crippen LogP contribution in [0.1, 0.15) is 62.1 Å². The third-order valence-electron chi connectivity index (χ3n) is 8.14. The van der Waals surface area contributed by atoms with E-state index in [9.17, 15) is 50.7 Å². The Morgan fingerprint density at radius 1 is 0.780 bits per heavy atom. The molecule has 4 amide bonds. The molecule has 0 aliphatic rings. The summed E-state index contributed by atoms with van der Waals surface area (Å²) >= 11 is 6.08. The van der Waals surface area contributed by atoms with Crippen molar-refractivity contribution in [2.75, 3.05) is 20.3 Å². The summed E-state index contributed by atoms with van der Waals surface area (Å²) in [5, 5.41) is 8.40. The second kappa shape index (κ2) is 20.3. The predicted octanol–water partition coefficient (Wildman–Crippen LogP) is 5.29. The molecule has 0 saturated carbocycles. The van der Waals surface area contributed by atoms with Crippen LogP contribution in [-0.4, -0.2) is 85.4 Å². The number of ether oxygens (including phenoxy) is 3. The number of amides is 4. The van der Waals surface area contributed by atoms with Gasteiger partial charge in [-0.1, -0.05) is 55.8 Å². The van der Waals surface area contributed by atoms with Crippen molar-refractivity contribution in [3.8, 4) is 11.5 Å². The molecule has 3 unspecified atom stereocenters. The average Bonchev–Trinajstić information content (AvgIpc) is 3.15. The summed E-state index contributed by atoms with van der Waals surface area (Å²) in [7, 11) is 1.36. The number of carbonyl (C=O) groups excluding carboxylic acids is 6. The van der Waals surface area contributed by atoms with Crippen LogP contribution in [-0.2, 0) is 35.1 Å². The van der Waals surface area contributed by atoms with Gasteiger partial charge in [-0.3, -0.25) is 24.0 Å². The van der Waals surface area contributed by atoms with Crippen LogP contribution in [0.3, 0.4) is 0 Å². The number of Topliss-reactive ketones (excluding diaryl/α,β-unsaturated/α-hetero) is 1. The van der Waals surface area contributed by atoms with E-state index in [1.54, 1.807) is 32.9 Å². The van der Waals surface area contributed by atoms with E-state index in [-0.39, 0.29) is 28.3 Å². The summed E-state index contributed by atoms with van der Waals surface area (Å²) in [6.07, 6.45) is -5.26. The lowest BCUT2D eigenvalue weighted by Gasteiger charge is -2.28. The normalized spacial score (nSPS) is 13.3. The van der Waals surface area contributed by atoms with E-state index in [2.05, 4.69) is 16.0 Å². The molecule has 3 aromatic carbocycles. The zero-order valence-electron chi connectivity index (χ0n) is 32.8. The van der Waals surface area contributed by atoms with Crippen LogP contribution < -0.4 is 30.7 Å². The molecule has 0 spiro atoms. The fourth-order valence-electron chi connectivity index (χ4n) is 5.26. The summed E-state index contributed by atoms with van der Waals surface area (Å²) in [5.74, 6) is -13.8. The zero-order valence-corrected chi connectivity index (χ0v) is 33.6. The molecule has 4 N–H and O–H groups in total. The molecular weight excluding hydrogens is 811 g/mol. The van der Waals surface area contributed by atoms with Gasteiger partial charge >= 0.3 is 18.1 Å². The number of rotatable bonds is 18. The van der Waals surface area contributed by atoms with Crippen molar-refractivity contribution in [1.82, 2.24) is 21.3 Å². The molecule has 3 atom stereocenters. The topological polar surface area (TPSA) is 178 Å². The van der Waals surface area contributed by atoms with Gasteiger partial charge in [0, 0.05) is 17.0 Å².